The van der Waals surface area contributed by atoms with Crippen molar-refractivity contribution in [1.82, 2.24) is 10.2 Å². The Labute approximate surface area is 176 Å². The van der Waals surface area contributed by atoms with Gasteiger partial charge in [0.15, 0.2) is 12.7 Å². The third kappa shape index (κ3) is 4.93. The Morgan fingerprint density at radius 1 is 1.20 bits per heavy atom. The van der Waals surface area contributed by atoms with Gasteiger partial charge in [0.2, 0.25) is 5.89 Å². The van der Waals surface area contributed by atoms with Crippen molar-refractivity contribution < 1.29 is 23.6 Å². The highest BCUT2D eigenvalue weighted by atomic mass is 35.5. The molecule has 1 atom stereocenters. The molecule has 0 N–H and O–H groups in total. The maximum absolute atomic E-state index is 12.1. The van der Waals surface area contributed by atoms with Gasteiger partial charge in [0.05, 0.1) is 4.92 Å². The van der Waals surface area contributed by atoms with Crippen LogP contribution in [0.4, 0.5) is 5.69 Å². The molecule has 2 aromatic carbocycles. The van der Waals surface area contributed by atoms with Crippen LogP contribution in [0.3, 0.4) is 0 Å². The Hall–Kier alpha value is -3.46. The summed E-state index contributed by atoms with van der Waals surface area (Å²) in [4.78, 5) is 22.4. The van der Waals surface area contributed by atoms with Gasteiger partial charge in [0.1, 0.15) is 5.75 Å². The number of benzene rings is 2. The zero-order chi connectivity index (χ0) is 21.8. The minimum absolute atomic E-state index is 0.0491. The first-order chi connectivity index (χ1) is 14.2. The average Bonchev–Trinajstić information content (AvgIpc) is 3.17. The number of nitrogens with zero attached hydrogens (tertiary/aromatic N) is 3. The molecule has 0 bridgehead atoms. The van der Waals surface area contributed by atoms with Crippen LogP contribution in [0.2, 0.25) is 5.02 Å². The molecule has 3 rings (SSSR count). The summed E-state index contributed by atoms with van der Waals surface area (Å²) in [5, 5.41) is 19.1. The lowest BCUT2D eigenvalue weighted by molar-refractivity contribution is -0.384. The number of esters is 1. The number of carbonyl (C=O) groups excluding carboxylic acids is 1. The standard InChI is InChI=1S/C20H18ClN3O6/c1-11-8-15(21)9-12(2)18(11)28-10-17(25)29-13(3)19-22-23-20(30-19)14-4-6-16(7-5-14)24(26)27/h4-9,13H,10H2,1-3H3/t13-/m0/s1. The molecular formula is C20H18ClN3O6. The fourth-order valence-electron chi connectivity index (χ4n) is 2.78. The molecule has 0 saturated heterocycles. The summed E-state index contributed by atoms with van der Waals surface area (Å²) in [6.07, 6.45) is -0.798. The zero-order valence-corrected chi connectivity index (χ0v) is 17.2. The largest absolute Gasteiger partial charge is 0.481 e. The van der Waals surface area contributed by atoms with Crippen LogP contribution in [-0.4, -0.2) is 27.7 Å². The first-order valence-corrected chi connectivity index (χ1v) is 9.29. The summed E-state index contributed by atoms with van der Waals surface area (Å²) < 4.78 is 16.4. The molecule has 3 aromatic rings. The molecule has 0 aliphatic carbocycles. The first-order valence-electron chi connectivity index (χ1n) is 8.92. The smallest absolute Gasteiger partial charge is 0.344 e. The van der Waals surface area contributed by atoms with Crippen LogP contribution in [0.5, 0.6) is 5.75 Å². The molecule has 0 radical (unpaired) electrons. The van der Waals surface area contributed by atoms with Gasteiger partial charge in [-0.2, -0.15) is 0 Å². The average molecular weight is 432 g/mol. The number of non-ortho nitro benzene ring substituents is 1. The summed E-state index contributed by atoms with van der Waals surface area (Å²) in [5.41, 5.74) is 2.08. The van der Waals surface area contributed by atoms with Gasteiger partial charge in [0, 0.05) is 22.7 Å². The summed E-state index contributed by atoms with van der Waals surface area (Å²) in [6, 6.07) is 9.15. The van der Waals surface area contributed by atoms with Gasteiger partial charge in [-0.1, -0.05) is 11.6 Å². The van der Waals surface area contributed by atoms with Crippen LogP contribution in [0.15, 0.2) is 40.8 Å². The molecule has 0 aliphatic heterocycles. The van der Waals surface area contributed by atoms with E-state index in [0.717, 1.165) is 11.1 Å². The molecule has 0 amide bonds. The molecule has 0 unspecified atom stereocenters. The molecule has 30 heavy (non-hydrogen) atoms. The number of rotatable bonds is 7. The van der Waals surface area contributed by atoms with Crippen molar-refractivity contribution in [2.45, 2.75) is 26.9 Å². The molecule has 156 valence electrons. The second-order valence-corrected chi connectivity index (χ2v) is 6.98. The summed E-state index contributed by atoms with van der Waals surface area (Å²) in [5.74, 6) is 0.218. The second-order valence-electron chi connectivity index (χ2n) is 6.54. The molecule has 0 saturated carbocycles. The van der Waals surface area contributed by atoms with E-state index < -0.39 is 17.0 Å². The Balaban J connectivity index is 1.60. The number of carbonyl (C=O) groups is 1. The molecule has 9 nitrogen and oxygen atoms in total. The van der Waals surface area contributed by atoms with E-state index in [1.54, 1.807) is 19.1 Å². The number of aromatic nitrogens is 2. The number of nitro groups is 1. The van der Waals surface area contributed by atoms with Crippen LogP contribution in [0.1, 0.15) is 30.0 Å². The quantitative estimate of drug-likeness (QED) is 0.302. The van der Waals surface area contributed by atoms with Crippen LogP contribution >= 0.6 is 11.6 Å². The van der Waals surface area contributed by atoms with Crippen molar-refractivity contribution in [2.24, 2.45) is 0 Å². The van der Waals surface area contributed by atoms with Crippen LogP contribution < -0.4 is 4.74 Å². The highest BCUT2D eigenvalue weighted by Gasteiger charge is 2.20. The van der Waals surface area contributed by atoms with E-state index >= 15 is 0 Å². The number of hydrogen-bond acceptors (Lipinski definition) is 8. The first kappa shape index (κ1) is 21.3. The predicted molar refractivity (Wildman–Crippen MR) is 107 cm³/mol. The van der Waals surface area contributed by atoms with Gasteiger partial charge in [0.25, 0.3) is 11.6 Å². The van der Waals surface area contributed by atoms with Crippen LogP contribution in [0.25, 0.3) is 11.5 Å². The van der Waals surface area contributed by atoms with Crippen LogP contribution in [-0.2, 0) is 9.53 Å². The SMILES string of the molecule is Cc1cc(Cl)cc(C)c1OCC(=O)O[C@@H](C)c1nnc(-c2ccc([N+](=O)[O-])cc2)o1. The normalized spacial score (nSPS) is 11.7. The van der Waals surface area contributed by atoms with E-state index in [4.69, 9.17) is 25.5 Å². The number of nitro benzene ring substituents is 1. The van der Waals surface area contributed by atoms with E-state index in [1.807, 2.05) is 13.8 Å². The molecule has 1 heterocycles. The lowest BCUT2D eigenvalue weighted by Crippen LogP contribution is -2.17. The molecule has 0 fully saturated rings. The molecule has 0 spiro atoms. The van der Waals surface area contributed by atoms with Gasteiger partial charge in [-0.15, -0.1) is 10.2 Å². The topological polar surface area (TPSA) is 118 Å². The summed E-state index contributed by atoms with van der Waals surface area (Å²) in [6.45, 7) is 4.96. The molecule has 0 aliphatic rings. The third-order valence-electron chi connectivity index (χ3n) is 4.18. The summed E-state index contributed by atoms with van der Waals surface area (Å²) >= 11 is 5.99. The number of halogens is 1. The Morgan fingerprint density at radius 3 is 2.43 bits per heavy atom. The minimum atomic E-state index is -0.798. The van der Waals surface area contributed by atoms with Crippen molar-refractivity contribution in [3.05, 3.63) is 68.6 Å². The van der Waals surface area contributed by atoms with E-state index in [0.29, 0.717) is 16.3 Å². The highest BCUT2D eigenvalue weighted by molar-refractivity contribution is 6.30. The van der Waals surface area contributed by atoms with E-state index in [2.05, 4.69) is 10.2 Å². The third-order valence-corrected chi connectivity index (χ3v) is 4.40. The molecular weight excluding hydrogens is 414 g/mol. The Kier molecular flexibility index (Phi) is 6.31. The van der Waals surface area contributed by atoms with E-state index in [9.17, 15) is 14.9 Å². The fourth-order valence-corrected chi connectivity index (χ4v) is 3.11. The van der Waals surface area contributed by atoms with E-state index in [-0.39, 0.29) is 24.1 Å². The predicted octanol–water partition coefficient (Wildman–Crippen LogP) is 4.60. The Bertz CT molecular complexity index is 1060. The lowest BCUT2D eigenvalue weighted by atomic mass is 10.1. The van der Waals surface area contributed by atoms with Crippen molar-refractivity contribution in [1.29, 1.82) is 0 Å². The monoisotopic (exact) mass is 431 g/mol. The maximum Gasteiger partial charge on any atom is 0.344 e. The number of hydrogen-bond donors (Lipinski definition) is 0. The zero-order valence-electron chi connectivity index (χ0n) is 16.4. The van der Waals surface area contributed by atoms with E-state index in [1.165, 1.54) is 24.3 Å². The maximum atomic E-state index is 12.1. The molecule has 10 heteroatoms. The van der Waals surface area contributed by atoms with Crippen LogP contribution in [0, 0.1) is 24.0 Å². The lowest BCUT2D eigenvalue weighted by Gasteiger charge is -2.13. The second kappa shape index (κ2) is 8.91. The fraction of sp³-hybridized carbons (Fsp3) is 0.250. The van der Waals surface area contributed by atoms with Gasteiger partial charge in [-0.25, -0.2) is 4.79 Å². The minimum Gasteiger partial charge on any atom is -0.481 e. The molecule has 1 aromatic heterocycles. The number of aryl methyl sites for hydroxylation is 2. The van der Waals surface area contributed by atoms with Gasteiger partial charge in [-0.3, -0.25) is 10.1 Å². The van der Waals surface area contributed by atoms with Gasteiger partial charge in [-0.05, 0) is 56.2 Å². The Morgan fingerprint density at radius 2 is 1.83 bits per heavy atom. The van der Waals surface area contributed by atoms with Gasteiger partial charge < -0.3 is 13.9 Å². The summed E-state index contributed by atoms with van der Waals surface area (Å²) in [7, 11) is 0. The van der Waals surface area contributed by atoms with Crippen molar-refractivity contribution >= 4 is 23.3 Å². The van der Waals surface area contributed by atoms with Crippen molar-refractivity contribution in [2.75, 3.05) is 6.61 Å². The van der Waals surface area contributed by atoms with Crippen molar-refractivity contribution in [3.63, 3.8) is 0 Å². The van der Waals surface area contributed by atoms with Crippen molar-refractivity contribution in [3.8, 4) is 17.2 Å². The highest BCUT2D eigenvalue weighted by Crippen LogP contribution is 2.27. The number of ether oxygens (including phenoxy) is 2. The van der Waals surface area contributed by atoms with Gasteiger partial charge >= 0.3 is 5.97 Å².